The maximum Gasteiger partial charge on any atom is 0.280 e. The zero-order chi connectivity index (χ0) is 18.1. The summed E-state index contributed by atoms with van der Waals surface area (Å²) in [7, 11) is 1.46. The topological polar surface area (TPSA) is 62.1 Å². The lowest BCUT2D eigenvalue weighted by atomic mass is 10.1. The summed E-state index contributed by atoms with van der Waals surface area (Å²) in [5.74, 6) is 0.0869. The van der Waals surface area contributed by atoms with Gasteiger partial charge in [0.15, 0.2) is 11.5 Å². The molecule has 2 aromatic carbocycles. The van der Waals surface area contributed by atoms with Crippen LogP contribution >= 0.6 is 23.2 Å². The predicted molar refractivity (Wildman–Crippen MR) is 99.7 cm³/mol. The van der Waals surface area contributed by atoms with Gasteiger partial charge in [-0.05, 0) is 48.9 Å². The van der Waals surface area contributed by atoms with Crippen molar-refractivity contribution in [3.8, 4) is 11.5 Å². The number of methoxy groups -OCH3 is 1. The third kappa shape index (κ3) is 3.34. The minimum absolute atomic E-state index is 0.0326. The number of hydrogen-bond donors (Lipinski definition) is 1. The summed E-state index contributed by atoms with van der Waals surface area (Å²) in [6.45, 7) is 1.75. The van der Waals surface area contributed by atoms with Crippen molar-refractivity contribution < 1.29 is 14.6 Å². The summed E-state index contributed by atoms with van der Waals surface area (Å²) < 4.78 is 5.09. The first-order valence-electron chi connectivity index (χ1n) is 7.34. The van der Waals surface area contributed by atoms with E-state index in [1.54, 1.807) is 43.3 Å². The molecule has 0 atom stereocenters. The lowest BCUT2D eigenvalue weighted by Gasteiger charge is -2.12. The van der Waals surface area contributed by atoms with Crippen molar-refractivity contribution >= 4 is 46.6 Å². The molecule has 0 aliphatic carbocycles. The monoisotopic (exact) mass is 376 g/mol. The van der Waals surface area contributed by atoms with E-state index >= 15 is 0 Å². The molecule has 0 fully saturated rings. The van der Waals surface area contributed by atoms with Gasteiger partial charge in [0.05, 0.1) is 34.1 Å². The Morgan fingerprint density at radius 3 is 2.60 bits per heavy atom. The van der Waals surface area contributed by atoms with Crippen molar-refractivity contribution in [2.45, 2.75) is 6.92 Å². The second-order valence-corrected chi connectivity index (χ2v) is 6.20. The van der Waals surface area contributed by atoms with E-state index in [9.17, 15) is 9.90 Å². The Bertz CT molecular complexity index is 923. The summed E-state index contributed by atoms with van der Waals surface area (Å²) in [5.41, 5.74) is 2.26. The summed E-state index contributed by atoms with van der Waals surface area (Å²) in [4.78, 5) is 12.7. The predicted octanol–water partition coefficient (Wildman–Crippen LogP) is 4.51. The van der Waals surface area contributed by atoms with Gasteiger partial charge in [0.25, 0.3) is 5.91 Å². The van der Waals surface area contributed by atoms with E-state index in [0.29, 0.717) is 38.3 Å². The number of carbonyl (C=O) groups excluding carboxylic acids is 1. The molecule has 0 saturated heterocycles. The zero-order valence-electron chi connectivity index (χ0n) is 13.5. The van der Waals surface area contributed by atoms with Crippen LogP contribution in [0.2, 0.25) is 10.0 Å². The lowest BCUT2D eigenvalue weighted by Crippen LogP contribution is -2.21. The molecule has 3 rings (SSSR count). The Kier molecular flexibility index (Phi) is 4.70. The third-order valence-electron chi connectivity index (χ3n) is 3.73. The summed E-state index contributed by atoms with van der Waals surface area (Å²) >= 11 is 11.9. The van der Waals surface area contributed by atoms with Crippen molar-refractivity contribution in [1.82, 2.24) is 0 Å². The summed E-state index contributed by atoms with van der Waals surface area (Å²) in [6.07, 6.45) is 1.70. The fourth-order valence-electron chi connectivity index (χ4n) is 2.43. The van der Waals surface area contributed by atoms with E-state index < -0.39 is 0 Å². The molecule has 0 aromatic heterocycles. The highest BCUT2D eigenvalue weighted by Crippen LogP contribution is 2.32. The molecule has 2 aromatic rings. The number of rotatable bonds is 3. The normalized spacial score (nSPS) is 15.7. The molecule has 1 N–H and O–H groups in total. The van der Waals surface area contributed by atoms with Gasteiger partial charge in [-0.2, -0.15) is 10.1 Å². The molecule has 0 unspecified atom stereocenters. The van der Waals surface area contributed by atoms with Crippen LogP contribution in [0.15, 0.2) is 47.1 Å². The first-order chi connectivity index (χ1) is 11.9. The number of phenols is 1. The maximum atomic E-state index is 12.7. The molecular formula is C18H14Cl2N2O3. The number of phenolic OH excluding ortho intramolecular Hbond substituents is 1. The van der Waals surface area contributed by atoms with Gasteiger partial charge in [-0.25, -0.2) is 0 Å². The van der Waals surface area contributed by atoms with Crippen LogP contribution < -0.4 is 9.75 Å². The molecule has 0 radical (unpaired) electrons. The van der Waals surface area contributed by atoms with Crippen LogP contribution in [0.3, 0.4) is 0 Å². The van der Waals surface area contributed by atoms with Gasteiger partial charge >= 0.3 is 0 Å². The average Bonchev–Trinajstić information content (AvgIpc) is 2.87. The Hall–Kier alpha value is -2.50. The average molecular weight is 377 g/mol. The van der Waals surface area contributed by atoms with Crippen LogP contribution in [-0.4, -0.2) is 23.8 Å². The minimum Gasteiger partial charge on any atom is -0.504 e. The van der Waals surface area contributed by atoms with Crippen LogP contribution in [0.25, 0.3) is 6.08 Å². The van der Waals surface area contributed by atoms with Crippen LogP contribution in [-0.2, 0) is 4.79 Å². The number of nitrogens with zero attached hydrogens (tertiary/aromatic N) is 2. The molecule has 7 heteroatoms. The second-order valence-electron chi connectivity index (χ2n) is 5.39. The molecule has 0 bridgehead atoms. The third-order valence-corrected chi connectivity index (χ3v) is 4.46. The van der Waals surface area contributed by atoms with Gasteiger partial charge in [0, 0.05) is 0 Å². The zero-order valence-corrected chi connectivity index (χ0v) is 15.0. The molecule has 0 spiro atoms. The highest BCUT2D eigenvalue weighted by atomic mass is 35.5. The maximum absolute atomic E-state index is 12.7. The van der Waals surface area contributed by atoms with E-state index in [1.807, 2.05) is 0 Å². The van der Waals surface area contributed by atoms with Crippen molar-refractivity contribution in [2.75, 3.05) is 12.1 Å². The molecule has 1 heterocycles. The number of halogens is 2. The minimum atomic E-state index is -0.275. The lowest BCUT2D eigenvalue weighted by molar-refractivity contribution is -0.114. The summed E-state index contributed by atoms with van der Waals surface area (Å²) in [6, 6.07) is 9.72. The number of ether oxygens (including phenoxy) is 1. The number of amides is 1. The Balaban J connectivity index is 1.96. The molecule has 5 nitrogen and oxygen atoms in total. The van der Waals surface area contributed by atoms with Gasteiger partial charge < -0.3 is 9.84 Å². The van der Waals surface area contributed by atoms with E-state index in [2.05, 4.69) is 5.10 Å². The van der Waals surface area contributed by atoms with Gasteiger partial charge in [-0.15, -0.1) is 0 Å². The number of aromatic hydroxyl groups is 1. The fraction of sp³-hybridized carbons (Fsp3) is 0.111. The number of anilines is 1. The number of benzene rings is 2. The molecule has 0 saturated carbocycles. The standard InChI is InChI=1S/C18H14Cl2N2O3/c1-10-13(7-11-3-6-16(23)17(8-11)25-2)18(24)22(21-10)12-4-5-14(19)15(20)9-12/h3-9,23H,1-2H3/b13-7-. The molecule has 25 heavy (non-hydrogen) atoms. The van der Waals surface area contributed by atoms with E-state index in [1.165, 1.54) is 18.2 Å². The number of carbonyl (C=O) groups is 1. The van der Waals surface area contributed by atoms with E-state index in [-0.39, 0.29) is 11.7 Å². The van der Waals surface area contributed by atoms with Crippen LogP contribution in [0.5, 0.6) is 11.5 Å². The molecule has 1 amide bonds. The largest absolute Gasteiger partial charge is 0.504 e. The summed E-state index contributed by atoms with van der Waals surface area (Å²) in [5, 5.41) is 16.0. The van der Waals surface area contributed by atoms with Crippen molar-refractivity contribution in [1.29, 1.82) is 0 Å². The molecule has 128 valence electrons. The smallest absolute Gasteiger partial charge is 0.280 e. The number of hydrazone groups is 1. The van der Waals surface area contributed by atoms with Crippen molar-refractivity contribution in [3.63, 3.8) is 0 Å². The fourth-order valence-corrected chi connectivity index (χ4v) is 2.72. The molecule has 1 aliphatic heterocycles. The first-order valence-corrected chi connectivity index (χ1v) is 8.10. The highest BCUT2D eigenvalue weighted by Gasteiger charge is 2.29. The Labute approximate surface area is 154 Å². The molecule has 1 aliphatic rings. The molecular weight excluding hydrogens is 363 g/mol. The van der Waals surface area contributed by atoms with Crippen molar-refractivity contribution in [2.24, 2.45) is 5.10 Å². The van der Waals surface area contributed by atoms with Crippen molar-refractivity contribution in [3.05, 3.63) is 57.6 Å². The van der Waals surface area contributed by atoms with Crippen LogP contribution in [0.4, 0.5) is 5.69 Å². The Morgan fingerprint density at radius 2 is 1.92 bits per heavy atom. The van der Waals surface area contributed by atoms with E-state index in [4.69, 9.17) is 27.9 Å². The SMILES string of the molecule is COc1cc(/C=C2\C(=O)N(c3ccc(Cl)c(Cl)c3)N=C2C)ccc1O. The van der Waals surface area contributed by atoms with Gasteiger partial charge in [-0.3, -0.25) is 4.79 Å². The van der Waals surface area contributed by atoms with Gasteiger partial charge in [0.2, 0.25) is 0 Å². The van der Waals surface area contributed by atoms with Crippen LogP contribution in [0, 0.1) is 0 Å². The quantitative estimate of drug-likeness (QED) is 0.801. The number of hydrogen-bond acceptors (Lipinski definition) is 4. The van der Waals surface area contributed by atoms with Crippen LogP contribution in [0.1, 0.15) is 12.5 Å². The van der Waals surface area contributed by atoms with Gasteiger partial charge in [-0.1, -0.05) is 29.3 Å². The first kappa shape index (κ1) is 17.3. The second kappa shape index (κ2) is 6.78. The van der Waals surface area contributed by atoms with Gasteiger partial charge in [0.1, 0.15) is 0 Å². The van der Waals surface area contributed by atoms with E-state index in [0.717, 1.165) is 0 Å². The Morgan fingerprint density at radius 1 is 1.16 bits per heavy atom. The highest BCUT2D eigenvalue weighted by molar-refractivity contribution is 6.42.